The molecule has 1 aliphatic carbocycles. The first kappa shape index (κ1) is 15.6. The second kappa shape index (κ2) is 6.88. The number of hydrogen-bond donors (Lipinski definition) is 1. The van der Waals surface area contributed by atoms with Crippen molar-refractivity contribution in [2.24, 2.45) is 0 Å². The van der Waals surface area contributed by atoms with Crippen LogP contribution < -0.4 is 5.32 Å². The molecule has 1 saturated heterocycles. The summed E-state index contributed by atoms with van der Waals surface area (Å²) in [6.07, 6.45) is 3.07. The molecular weight excluding hydrogens is 306 g/mol. The minimum atomic E-state index is -0.314. The van der Waals surface area contributed by atoms with Gasteiger partial charge in [0.25, 0.3) is 0 Å². The van der Waals surface area contributed by atoms with E-state index in [1.165, 1.54) is 5.56 Å². The third-order valence-corrected chi connectivity index (χ3v) is 6.03. The van der Waals surface area contributed by atoms with Crippen LogP contribution in [0.3, 0.4) is 0 Å². The van der Waals surface area contributed by atoms with Gasteiger partial charge in [-0.15, -0.1) is 0 Å². The van der Waals surface area contributed by atoms with E-state index in [9.17, 15) is 0 Å². The lowest BCUT2D eigenvalue weighted by molar-refractivity contribution is -0.177. The molecule has 1 aliphatic heterocycles. The average molecular weight is 328 g/mol. The Bertz CT molecular complexity index is 462. The summed E-state index contributed by atoms with van der Waals surface area (Å²) < 4.78 is 11.8. The van der Waals surface area contributed by atoms with Crippen LogP contribution in [0.5, 0.6) is 0 Å². The van der Waals surface area contributed by atoms with Crippen molar-refractivity contribution in [1.82, 2.24) is 5.32 Å². The van der Waals surface area contributed by atoms with Crippen molar-refractivity contribution in [3.05, 3.63) is 34.9 Å². The molecule has 2 atom stereocenters. The summed E-state index contributed by atoms with van der Waals surface area (Å²) in [7, 11) is 2.05. The third kappa shape index (κ3) is 3.74. The van der Waals surface area contributed by atoms with Gasteiger partial charge in [-0.05, 0) is 31.2 Å². The number of nitrogens with one attached hydrogen (secondary N) is 1. The van der Waals surface area contributed by atoms with Gasteiger partial charge in [0.1, 0.15) is 0 Å². The van der Waals surface area contributed by atoms with Gasteiger partial charge in [0.2, 0.25) is 0 Å². The first-order valence-corrected chi connectivity index (χ1v) is 8.95. The average Bonchev–Trinajstić information content (AvgIpc) is 2.95. The lowest BCUT2D eigenvalue weighted by atomic mass is 9.89. The fraction of sp³-hybridized carbons (Fsp3) is 0.625. The molecule has 1 aromatic carbocycles. The quantitative estimate of drug-likeness (QED) is 0.917. The Morgan fingerprint density at radius 3 is 2.67 bits per heavy atom. The van der Waals surface area contributed by atoms with Crippen molar-refractivity contribution in [2.75, 3.05) is 20.3 Å². The standard InChI is InChI=1S/C16H22ClNO2S/c1-18-14-6-7-16(19-8-9-20-16)10-15(14)21-11-12-2-4-13(17)5-3-12/h2-5,14-15,18H,6-11H2,1H3. The SMILES string of the molecule is CNC1CCC2(CC1SCc1ccc(Cl)cc1)OCCO2. The lowest BCUT2D eigenvalue weighted by Gasteiger charge is -2.40. The Kier molecular flexibility index (Phi) is 5.12. The summed E-state index contributed by atoms with van der Waals surface area (Å²) in [4.78, 5) is 0. The van der Waals surface area contributed by atoms with E-state index in [4.69, 9.17) is 21.1 Å². The maximum absolute atomic E-state index is 5.94. The number of ether oxygens (including phenoxy) is 2. The summed E-state index contributed by atoms with van der Waals surface area (Å²) in [5.41, 5.74) is 1.31. The highest BCUT2D eigenvalue weighted by atomic mass is 35.5. The van der Waals surface area contributed by atoms with E-state index in [1.807, 2.05) is 23.9 Å². The number of hydrogen-bond acceptors (Lipinski definition) is 4. The lowest BCUT2D eigenvalue weighted by Crippen LogP contribution is -2.48. The van der Waals surface area contributed by atoms with Crippen molar-refractivity contribution >= 4 is 23.4 Å². The van der Waals surface area contributed by atoms with E-state index in [-0.39, 0.29) is 5.79 Å². The first-order valence-electron chi connectivity index (χ1n) is 7.52. The van der Waals surface area contributed by atoms with Gasteiger partial charge in [0, 0.05) is 34.9 Å². The van der Waals surface area contributed by atoms with Crippen LogP contribution in [0.15, 0.2) is 24.3 Å². The van der Waals surface area contributed by atoms with E-state index in [0.29, 0.717) is 11.3 Å². The van der Waals surface area contributed by atoms with Gasteiger partial charge in [-0.1, -0.05) is 23.7 Å². The molecule has 1 saturated carbocycles. The molecule has 0 radical (unpaired) electrons. The van der Waals surface area contributed by atoms with Gasteiger partial charge in [-0.3, -0.25) is 0 Å². The Balaban J connectivity index is 1.61. The Morgan fingerprint density at radius 1 is 1.29 bits per heavy atom. The van der Waals surface area contributed by atoms with Crippen LogP contribution in [0.1, 0.15) is 24.8 Å². The zero-order valence-electron chi connectivity index (χ0n) is 12.3. The zero-order valence-corrected chi connectivity index (χ0v) is 13.9. The normalized spacial score (nSPS) is 28.1. The second-order valence-corrected chi connectivity index (χ2v) is 7.39. The highest BCUT2D eigenvalue weighted by Crippen LogP contribution is 2.41. The molecule has 2 fully saturated rings. The summed E-state index contributed by atoms with van der Waals surface area (Å²) in [6.45, 7) is 1.47. The molecule has 3 nitrogen and oxygen atoms in total. The monoisotopic (exact) mass is 327 g/mol. The number of benzene rings is 1. The van der Waals surface area contributed by atoms with Gasteiger partial charge in [-0.25, -0.2) is 0 Å². The van der Waals surface area contributed by atoms with Crippen LogP contribution in [0.2, 0.25) is 5.02 Å². The molecule has 0 aromatic heterocycles. The molecule has 1 heterocycles. The van der Waals surface area contributed by atoms with E-state index in [2.05, 4.69) is 24.5 Å². The molecule has 0 amide bonds. The third-order valence-electron chi connectivity index (χ3n) is 4.36. The van der Waals surface area contributed by atoms with E-state index >= 15 is 0 Å². The summed E-state index contributed by atoms with van der Waals surface area (Å²) in [5.74, 6) is 0.682. The maximum atomic E-state index is 5.94. The highest BCUT2D eigenvalue weighted by Gasteiger charge is 2.44. The van der Waals surface area contributed by atoms with Crippen molar-refractivity contribution in [3.8, 4) is 0 Å². The van der Waals surface area contributed by atoms with Crippen molar-refractivity contribution < 1.29 is 9.47 Å². The minimum absolute atomic E-state index is 0.314. The largest absolute Gasteiger partial charge is 0.347 e. The summed E-state index contributed by atoms with van der Waals surface area (Å²) in [6, 6.07) is 8.65. The topological polar surface area (TPSA) is 30.5 Å². The zero-order chi connectivity index (χ0) is 14.7. The van der Waals surface area contributed by atoms with Crippen molar-refractivity contribution in [2.45, 2.75) is 42.1 Å². The van der Waals surface area contributed by atoms with Crippen LogP contribution in [0.4, 0.5) is 0 Å². The van der Waals surface area contributed by atoms with Crippen LogP contribution in [0, 0.1) is 0 Å². The molecule has 1 N–H and O–H groups in total. The molecule has 21 heavy (non-hydrogen) atoms. The van der Waals surface area contributed by atoms with Gasteiger partial charge < -0.3 is 14.8 Å². The molecule has 2 unspecified atom stereocenters. The van der Waals surface area contributed by atoms with Crippen LogP contribution >= 0.6 is 23.4 Å². The Hall–Kier alpha value is -0.260. The molecule has 116 valence electrons. The second-order valence-electron chi connectivity index (χ2n) is 5.72. The summed E-state index contributed by atoms with van der Waals surface area (Å²) in [5, 5.41) is 4.76. The Labute approximate surface area is 135 Å². The fourth-order valence-electron chi connectivity index (χ4n) is 3.16. The van der Waals surface area contributed by atoms with E-state index in [1.54, 1.807) is 0 Å². The van der Waals surface area contributed by atoms with Gasteiger partial charge in [-0.2, -0.15) is 11.8 Å². The smallest absolute Gasteiger partial charge is 0.169 e. The van der Waals surface area contributed by atoms with E-state index < -0.39 is 0 Å². The molecular formula is C16H22ClNO2S. The maximum Gasteiger partial charge on any atom is 0.169 e. The number of halogens is 1. The molecule has 3 rings (SSSR count). The minimum Gasteiger partial charge on any atom is -0.347 e. The molecule has 5 heteroatoms. The predicted molar refractivity (Wildman–Crippen MR) is 87.9 cm³/mol. The molecule has 0 bridgehead atoms. The Morgan fingerprint density at radius 2 is 2.00 bits per heavy atom. The van der Waals surface area contributed by atoms with Gasteiger partial charge in [0.15, 0.2) is 5.79 Å². The van der Waals surface area contributed by atoms with Crippen LogP contribution in [-0.4, -0.2) is 37.3 Å². The number of rotatable bonds is 4. The predicted octanol–water partition coefficient (Wildman–Crippen LogP) is 3.46. The van der Waals surface area contributed by atoms with Gasteiger partial charge in [0.05, 0.1) is 13.2 Å². The van der Waals surface area contributed by atoms with E-state index in [0.717, 1.165) is 43.3 Å². The number of thioether (sulfide) groups is 1. The fourth-order valence-corrected chi connectivity index (χ4v) is 4.76. The van der Waals surface area contributed by atoms with Crippen LogP contribution in [0.25, 0.3) is 0 Å². The van der Waals surface area contributed by atoms with Crippen molar-refractivity contribution in [1.29, 1.82) is 0 Å². The van der Waals surface area contributed by atoms with Gasteiger partial charge >= 0.3 is 0 Å². The molecule has 1 spiro atoms. The highest BCUT2D eigenvalue weighted by molar-refractivity contribution is 7.99. The van der Waals surface area contributed by atoms with Crippen molar-refractivity contribution in [3.63, 3.8) is 0 Å². The van der Waals surface area contributed by atoms with Crippen LogP contribution in [-0.2, 0) is 15.2 Å². The molecule has 2 aliphatic rings. The molecule has 1 aromatic rings. The first-order chi connectivity index (χ1) is 10.2. The summed E-state index contributed by atoms with van der Waals surface area (Å²) >= 11 is 7.92.